The molecule has 0 aliphatic rings. The van der Waals surface area contributed by atoms with Crippen LogP contribution in [0.15, 0.2) is 18.2 Å². The van der Waals surface area contributed by atoms with Crippen molar-refractivity contribution in [1.29, 1.82) is 5.26 Å². The lowest BCUT2D eigenvalue weighted by Gasteiger charge is -2.20. The fraction of sp³-hybridized carbons (Fsp3) is 0.400. The molecular weight excluding hydrogens is 254 g/mol. The first-order valence-corrected chi connectivity index (χ1v) is 6.47. The second kappa shape index (κ2) is 7.29. The average molecular weight is 273 g/mol. The van der Waals surface area contributed by atoms with Gasteiger partial charge in [-0.2, -0.15) is 5.26 Å². The molecule has 2 amide bonds. The number of carbonyl (C=O) groups is 2. The maximum absolute atomic E-state index is 11.2. The highest BCUT2D eigenvalue weighted by molar-refractivity contribution is 5.86. The normalized spacial score (nSPS) is 9.95. The van der Waals surface area contributed by atoms with Gasteiger partial charge in [-0.25, -0.2) is 0 Å². The van der Waals surface area contributed by atoms with Crippen molar-refractivity contribution in [3.8, 4) is 6.07 Å². The molecule has 0 saturated carbocycles. The van der Waals surface area contributed by atoms with E-state index in [0.29, 0.717) is 24.4 Å². The van der Waals surface area contributed by atoms with Gasteiger partial charge in [0.15, 0.2) is 0 Å². The Bertz CT molecular complexity index is 532. The van der Waals surface area contributed by atoms with E-state index in [1.54, 1.807) is 0 Å². The Morgan fingerprint density at radius 2 is 2.20 bits per heavy atom. The summed E-state index contributed by atoms with van der Waals surface area (Å²) in [5, 5.41) is 11.3. The van der Waals surface area contributed by atoms with E-state index in [4.69, 9.17) is 0 Å². The molecule has 0 aliphatic heterocycles. The van der Waals surface area contributed by atoms with E-state index in [1.807, 2.05) is 44.0 Å². The molecule has 0 aromatic heterocycles. The van der Waals surface area contributed by atoms with E-state index in [0.717, 1.165) is 11.3 Å². The van der Waals surface area contributed by atoms with Crippen molar-refractivity contribution in [3.63, 3.8) is 0 Å². The number of amides is 2. The summed E-state index contributed by atoms with van der Waals surface area (Å²) in [6, 6.07) is 7.91. The van der Waals surface area contributed by atoms with E-state index < -0.39 is 0 Å². The summed E-state index contributed by atoms with van der Waals surface area (Å²) < 4.78 is 0. The molecule has 5 heteroatoms. The van der Waals surface area contributed by atoms with Gasteiger partial charge >= 0.3 is 0 Å². The monoisotopic (exact) mass is 273 g/mol. The summed E-state index contributed by atoms with van der Waals surface area (Å²) in [7, 11) is 1.85. The van der Waals surface area contributed by atoms with Crippen molar-refractivity contribution in [2.24, 2.45) is 0 Å². The fourth-order valence-corrected chi connectivity index (χ4v) is 1.92. The lowest BCUT2D eigenvalue weighted by Crippen LogP contribution is -2.27. The minimum absolute atomic E-state index is 0.225. The highest BCUT2D eigenvalue weighted by atomic mass is 16.2. The van der Waals surface area contributed by atoms with E-state index >= 15 is 0 Å². The minimum Gasteiger partial charge on any atom is -0.374 e. The Balaban J connectivity index is 2.79. The molecule has 0 unspecified atom stereocenters. The molecule has 0 bridgehead atoms. The number of imide groups is 1. The van der Waals surface area contributed by atoms with Crippen LogP contribution in [0.25, 0.3) is 0 Å². The smallest absolute Gasteiger partial charge is 0.228 e. The topological polar surface area (TPSA) is 73.2 Å². The quantitative estimate of drug-likeness (QED) is 0.802. The highest BCUT2D eigenvalue weighted by Gasteiger charge is 2.10. The van der Waals surface area contributed by atoms with Gasteiger partial charge < -0.3 is 4.90 Å². The van der Waals surface area contributed by atoms with Crippen molar-refractivity contribution in [2.75, 3.05) is 18.5 Å². The average Bonchev–Trinajstić information content (AvgIpc) is 2.44. The number of nitrogens with one attached hydrogen (secondary N) is 1. The number of benzene rings is 1. The predicted molar refractivity (Wildman–Crippen MR) is 77.3 cm³/mol. The summed E-state index contributed by atoms with van der Waals surface area (Å²) >= 11 is 0. The second-order valence-corrected chi connectivity index (χ2v) is 4.89. The van der Waals surface area contributed by atoms with E-state index in [-0.39, 0.29) is 12.3 Å². The predicted octanol–water partition coefficient (Wildman–Crippen LogP) is 1.78. The molecule has 0 fully saturated rings. The summed E-state index contributed by atoms with van der Waals surface area (Å²) in [6.07, 6.45) is 0.608. The van der Waals surface area contributed by atoms with Gasteiger partial charge in [0.1, 0.15) is 0 Å². The molecule has 1 N–H and O–H groups in total. The van der Waals surface area contributed by atoms with Crippen LogP contribution >= 0.6 is 0 Å². The van der Waals surface area contributed by atoms with Crippen molar-refractivity contribution in [1.82, 2.24) is 5.32 Å². The largest absolute Gasteiger partial charge is 0.374 e. The fourth-order valence-electron chi connectivity index (χ4n) is 1.92. The molecule has 0 saturated heterocycles. The number of nitriles is 1. The third kappa shape index (κ3) is 4.09. The van der Waals surface area contributed by atoms with Crippen molar-refractivity contribution in [3.05, 3.63) is 29.3 Å². The van der Waals surface area contributed by atoms with Gasteiger partial charge in [0.2, 0.25) is 12.3 Å². The highest BCUT2D eigenvalue weighted by Crippen LogP contribution is 2.24. The van der Waals surface area contributed by atoms with Gasteiger partial charge in [0.25, 0.3) is 0 Å². The molecule has 0 spiro atoms. The number of hydrogen-bond acceptors (Lipinski definition) is 4. The van der Waals surface area contributed by atoms with Crippen LogP contribution < -0.4 is 10.2 Å². The molecule has 0 radical (unpaired) electrons. The van der Waals surface area contributed by atoms with Crippen LogP contribution in [0.5, 0.6) is 0 Å². The van der Waals surface area contributed by atoms with Crippen LogP contribution in [-0.4, -0.2) is 25.9 Å². The zero-order valence-corrected chi connectivity index (χ0v) is 12.0. The van der Waals surface area contributed by atoms with Gasteiger partial charge in [-0.15, -0.1) is 0 Å². The van der Waals surface area contributed by atoms with E-state index in [1.165, 1.54) is 0 Å². The Hall–Kier alpha value is -2.35. The van der Waals surface area contributed by atoms with Gasteiger partial charge in [-0.3, -0.25) is 14.9 Å². The van der Waals surface area contributed by atoms with Crippen LogP contribution in [0.1, 0.15) is 37.3 Å². The number of nitrogens with zero attached hydrogens (tertiary/aromatic N) is 2. The molecule has 20 heavy (non-hydrogen) atoms. The standard InChI is InChI=1S/C15H19N3O2/c1-11(2)14-5-4-13(8-12(14)9-16)18(3)7-6-15(20)17-10-19/h4-5,8,10-11H,6-7H2,1-3H3,(H,17,19,20). The van der Waals surface area contributed by atoms with Crippen LogP contribution in [-0.2, 0) is 9.59 Å². The first-order valence-electron chi connectivity index (χ1n) is 6.47. The molecule has 0 heterocycles. The lowest BCUT2D eigenvalue weighted by atomic mass is 9.97. The summed E-state index contributed by atoms with van der Waals surface area (Å²) in [5.41, 5.74) is 2.55. The molecule has 0 aliphatic carbocycles. The van der Waals surface area contributed by atoms with Crippen molar-refractivity contribution >= 4 is 18.0 Å². The number of hydrogen-bond donors (Lipinski definition) is 1. The maximum atomic E-state index is 11.2. The van der Waals surface area contributed by atoms with Gasteiger partial charge in [0, 0.05) is 25.7 Å². The molecular formula is C15H19N3O2. The maximum Gasteiger partial charge on any atom is 0.228 e. The summed E-state index contributed by atoms with van der Waals surface area (Å²) in [6.45, 7) is 4.57. The number of rotatable bonds is 6. The Labute approximate surface area is 119 Å². The van der Waals surface area contributed by atoms with Gasteiger partial charge in [-0.1, -0.05) is 19.9 Å². The number of anilines is 1. The molecule has 1 aromatic rings. The second-order valence-electron chi connectivity index (χ2n) is 4.89. The third-order valence-corrected chi connectivity index (χ3v) is 3.11. The third-order valence-electron chi connectivity index (χ3n) is 3.11. The Morgan fingerprint density at radius 1 is 1.50 bits per heavy atom. The van der Waals surface area contributed by atoms with Crippen LogP contribution in [0.4, 0.5) is 5.69 Å². The SMILES string of the molecule is CC(C)c1ccc(N(C)CCC(=O)NC=O)cc1C#N. The van der Waals surface area contributed by atoms with Crippen LogP contribution in [0, 0.1) is 11.3 Å². The molecule has 0 atom stereocenters. The first kappa shape index (κ1) is 15.7. The zero-order chi connectivity index (χ0) is 15.1. The minimum atomic E-state index is -0.314. The van der Waals surface area contributed by atoms with Crippen LogP contribution in [0.2, 0.25) is 0 Å². The zero-order valence-electron chi connectivity index (χ0n) is 12.0. The lowest BCUT2D eigenvalue weighted by molar-refractivity contribution is -0.125. The van der Waals surface area contributed by atoms with Gasteiger partial charge in [-0.05, 0) is 23.6 Å². The van der Waals surface area contributed by atoms with Crippen molar-refractivity contribution in [2.45, 2.75) is 26.2 Å². The number of carbonyl (C=O) groups excluding carboxylic acids is 2. The van der Waals surface area contributed by atoms with E-state index in [9.17, 15) is 14.9 Å². The molecule has 1 rings (SSSR count). The summed E-state index contributed by atoms with van der Waals surface area (Å²) in [5.74, 6) is -0.0199. The molecule has 106 valence electrons. The first-order chi connectivity index (χ1) is 9.49. The van der Waals surface area contributed by atoms with Crippen LogP contribution in [0.3, 0.4) is 0 Å². The van der Waals surface area contributed by atoms with Crippen molar-refractivity contribution < 1.29 is 9.59 Å². The Morgan fingerprint density at radius 3 is 2.75 bits per heavy atom. The Kier molecular flexibility index (Phi) is 5.73. The molecule has 5 nitrogen and oxygen atoms in total. The van der Waals surface area contributed by atoms with E-state index in [2.05, 4.69) is 11.4 Å². The van der Waals surface area contributed by atoms with Gasteiger partial charge in [0.05, 0.1) is 11.6 Å². The summed E-state index contributed by atoms with van der Waals surface area (Å²) in [4.78, 5) is 23.2. The molecule has 1 aromatic carbocycles.